The second kappa shape index (κ2) is 6.06. The minimum atomic E-state index is 0.0688. The first-order valence-corrected chi connectivity index (χ1v) is 6.87. The summed E-state index contributed by atoms with van der Waals surface area (Å²) in [5.41, 5.74) is 3.06. The minimum Gasteiger partial charge on any atom is -0.508 e. The first-order valence-electron chi connectivity index (χ1n) is 6.49. The molecular formula is C16H19ClN2O. The molecule has 2 aromatic carbocycles. The van der Waals surface area contributed by atoms with E-state index in [1.54, 1.807) is 12.1 Å². The standard InChI is InChI=1S/C16H19ClN2O/c1-11(12-5-4-6-14(20)9-12)18-15-10-13(17)7-8-16(15)19(2)3/h4-11,18,20H,1-3H3. The fourth-order valence-electron chi connectivity index (χ4n) is 2.12. The van der Waals surface area contributed by atoms with Gasteiger partial charge in [-0.15, -0.1) is 0 Å². The van der Waals surface area contributed by atoms with Crippen LogP contribution in [0, 0.1) is 0 Å². The highest BCUT2D eigenvalue weighted by Gasteiger charge is 2.10. The van der Waals surface area contributed by atoms with E-state index in [0.717, 1.165) is 16.9 Å². The van der Waals surface area contributed by atoms with E-state index in [1.807, 2.05) is 49.3 Å². The third kappa shape index (κ3) is 3.36. The maximum absolute atomic E-state index is 9.56. The van der Waals surface area contributed by atoms with E-state index < -0.39 is 0 Å². The van der Waals surface area contributed by atoms with Crippen molar-refractivity contribution >= 4 is 23.0 Å². The summed E-state index contributed by atoms with van der Waals surface area (Å²) in [6.07, 6.45) is 0. The van der Waals surface area contributed by atoms with Crippen molar-refractivity contribution in [3.05, 3.63) is 53.1 Å². The summed E-state index contributed by atoms with van der Waals surface area (Å²) in [5, 5.41) is 13.7. The summed E-state index contributed by atoms with van der Waals surface area (Å²) in [6, 6.07) is 13.1. The molecule has 106 valence electrons. The number of nitrogens with zero attached hydrogens (tertiary/aromatic N) is 1. The van der Waals surface area contributed by atoms with E-state index in [-0.39, 0.29) is 11.8 Å². The van der Waals surface area contributed by atoms with Crippen molar-refractivity contribution in [2.24, 2.45) is 0 Å². The molecule has 2 N–H and O–H groups in total. The monoisotopic (exact) mass is 290 g/mol. The number of hydrogen-bond donors (Lipinski definition) is 2. The second-order valence-corrected chi connectivity index (χ2v) is 5.45. The van der Waals surface area contributed by atoms with Crippen LogP contribution in [0.2, 0.25) is 5.02 Å². The molecule has 1 unspecified atom stereocenters. The first-order chi connectivity index (χ1) is 9.47. The maximum Gasteiger partial charge on any atom is 0.115 e. The predicted molar refractivity (Wildman–Crippen MR) is 85.9 cm³/mol. The van der Waals surface area contributed by atoms with Gasteiger partial charge in [0.25, 0.3) is 0 Å². The van der Waals surface area contributed by atoms with Gasteiger partial charge in [0.1, 0.15) is 5.75 Å². The number of anilines is 2. The molecular weight excluding hydrogens is 272 g/mol. The molecule has 0 fully saturated rings. The Kier molecular flexibility index (Phi) is 4.40. The van der Waals surface area contributed by atoms with Gasteiger partial charge in [-0.2, -0.15) is 0 Å². The number of aromatic hydroxyl groups is 1. The van der Waals surface area contributed by atoms with Gasteiger partial charge in [-0.3, -0.25) is 0 Å². The molecule has 0 aliphatic carbocycles. The number of nitrogens with one attached hydrogen (secondary N) is 1. The molecule has 2 aromatic rings. The van der Waals surface area contributed by atoms with Gasteiger partial charge in [-0.1, -0.05) is 23.7 Å². The molecule has 0 spiro atoms. The van der Waals surface area contributed by atoms with Crippen LogP contribution in [0.3, 0.4) is 0 Å². The van der Waals surface area contributed by atoms with Crippen LogP contribution in [0.5, 0.6) is 5.75 Å². The normalized spacial score (nSPS) is 12.0. The van der Waals surface area contributed by atoms with Gasteiger partial charge in [-0.25, -0.2) is 0 Å². The molecule has 1 atom stereocenters. The van der Waals surface area contributed by atoms with Crippen LogP contribution >= 0.6 is 11.6 Å². The highest BCUT2D eigenvalue weighted by molar-refractivity contribution is 6.31. The van der Waals surface area contributed by atoms with Crippen LogP contribution in [-0.4, -0.2) is 19.2 Å². The van der Waals surface area contributed by atoms with Crippen molar-refractivity contribution < 1.29 is 5.11 Å². The van der Waals surface area contributed by atoms with Crippen LogP contribution in [-0.2, 0) is 0 Å². The molecule has 3 nitrogen and oxygen atoms in total. The summed E-state index contributed by atoms with van der Waals surface area (Å²) < 4.78 is 0. The van der Waals surface area contributed by atoms with Crippen molar-refractivity contribution in [3.63, 3.8) is 0 Å². The molecule has 4 heteroatoms. The molecule has 0 heterocycles. The van der Waals surface area contributed by atoms with E-state index >= 15 is 0 Å². The zero-order valence-electron chi connectivity index (χ0n) is 11.9. The van der Waals surface area contributed by atoms with E-state index in [4.69, 9.17) is 11.6 Å². The van der Waals surface area contributed by atoms with Crippen LogP contribution < -0.4 is 10.2 Å². The Morgan fingerprint density at radius 2 is 1.90 bits per heavy atom. The molecule has 0 aliphatic rings. The van der Waals surface area contributed by atoms with Crippen LogP contribution in [0.15, 0.2) is 42.5 Å². The minimum absolute atomic E-state index is 0.0688. The Balaban J connectivity index is 2.27. The molecule has 0 saturated heterocycles. The summed E-state index contributed by atoms with van der Waals surface area (Å²) >= 11 is 6.08. The SMILES string of the molecule is CC(Nc1cc(Cl)ccc1N(C)C)c1cccc(O)c1. The van der Waals surface area contributed by atoms with Gasteiger partial charge in [0, 0.05) is 25.2 Å². The molecule has 0 bridgehead atoms. The van der Waals surface area contributed by atoms with Crippen molar-refractivity contribution in [1.29, 1.82) is 0 Å². The second-order valence-electron chi connectivity index (χ2n) is 5.02. The van der Waals surface area contributed by atoms with Gasteiger partial charge in [0.05, 0.1) is 11.4 Å². The number of phenols is 1. The van der Waals surface area contributed by atoms with Gasteiger partial charge < -0.3 is 15.3 Å². The van der Waals surface area contributed by atoms with Crippen molar-refractivity contribution in [2.45, 2.75) is 13.0 Å². The van der Waals surface area contributed by atoms with E-state index in [2.05, 4.69) is 12.2 Å². The largest absolute Gasteiger partial charge is 0.508 e. The molecule has 0 aliphatic heterocycles. The van der Waals surface area contributed by atoms with Gasteiger partial charge >= 0.3 is 0 Å². The van der Waals surface area contributed by atoms with E-state index in [9.17, 15) is 5.11 Å². The molecule has 0 saturated carbocycles. The highest BCUT2D eigenvalue weighted by atomic mass is 35.5. The molecule has 0 amide bonds. The van der Waals surface area contributed by atoms with Crippen LogP contribution in [0.4, 0.5) is 11.4 Å². The molecule has 0 radical (unpaired) electrons. The summed E-state index contributed by atoms with van der Waals surface area (Å²) in [7, 11) is 3.99. The number of benzene rings is 2. The van der Waals surface area contributed by atoms with E-state index in [1.165, 1.54) is 0 Å². The maximum atomic E-state index is 9.56. The summed E-state index contributed by atoms with van der Waals surface area (Å²) in [6.45, 7) is 2.05. The van der Waals surface area contributed by atoms with Crippen LogP contribution in [0.25, 0.3) is 0 Å². The first kappa shape index (κ1) is 14.5. The summed E-state index contributed by atoms with van der Waals surface area (Å²) in [4.78, 5) is 2.04. The highest BCUT2D eigenvalue weighted by Crippen LogP contribution is 2.31. The lowest BCUT2D eigenvalue weighted by atomic mass is 10.1. The Bertz CT molecular complexity index is 599. The van der Waals surface area contributed by atoms with Gasteiger partial charge in [0.15, 0.2) is 0 Å². The lowest BCUT2D eigenvalue weighted by Gasteiger charge is -2.22. The average molecular weight is 291 g/mol. The Hall–Kier alpha value is -1.87. The quantitative estimate of drug-likeness (QED) is 0.882. The van der Waals surface area contributed by atoms with Gasteiger partial charge in [0.2, 0.25) is 0 Å². The van der Waals surface area contributed by atoms with Crippen molar-refractivity contribution in [3.8, 4) is 5.75 Å². The molecule has 20 heavy (non-hydrogen) atoms. The van der Waals surface area contributed by atoms with Gasteiger partial charge in [-0.05, 0) is 42.8 Å². The average Bonchev–Trinajstić information content (AvgIpc) is 2.38. The van der Waals surface area contributed by atoms with Crippen molar-refractivity contribution in [2.75, 3.05) is 24.3 Å². The Morgan fingerprint density at radius 1 is 1.15 bits per heavy atom. The third-order valence-electron chi connectivity index (χ3n) is 3.18. The zero-order valence-corrected chi connectivity index (χ0v) is 12.6. The zero-order chi connectivity index (χ0) is 14.7. The number of hydrogen-bond acceptors (Lipinski definition) is 3. The predicted octanol–water partition coefficient (Wildman–Crippen LogP) is 4.28. The third-order valence-corrected chi connectivity index (χ3v) is 3.42. The smallest absolute Gasteiger partial charge is 0.115 e. The number of rotatable bonds is 4. The molecule has 0 aromatic heterocycles. The lowest BCUT2D eigenvalue weighted by Crippen LogP contribution is -2.14. The summed E-state index contributed by atoms with van der Waals surface area (Å²) in [5.74, 6) is 0.273. The lowest BCUT2D eigenvalue weighted by molar-refractivity contribution is 0.474. The van der Waals surface area contributed by atoms with E-state index in [0.29, 0.717) is 5.02 Å². The number of phenolic OH excluding ortho intramolecular Hbond substituents is 1. The fourth-order valence-corrected chi connectivity index (χ4v) is 2.30. The molecule has 2 rings (SSSR count). The fraction of sp³-hybridized carbons (Fsp3) is 0.250. The van der Waals surface area contributed by atoms with Crippen LogP contribution in [0.1, 0.15) is 18.5 Å². The Labute approximate surface area is 124 Å². The number of halogens is 1. The topological polar surface area (TPSA) is 35.5 Å². The Morgan fingerprint density at radius 3 is 2.55 bits per heavy atom. The van der Waals surface area contributed by atoms with Crippen molar-refractivity contribution in [1.82, 2.24) is 0 Å².